The molecule has 0 aliphatic rings. The fraction of sp³-hybridized carbons (Fsp3) is 0.429. The highest BCUT2D eigenvalue weighted by Crippen LogP contribution is 2.46. The van der Waals surface area contributed by atoms with E-state index in [2.05, 4.69) is 0 Å². The van der Waals surface area contributed by atoms with Gasteiger partial charge in [-0.1, -0.05) is 0 Å². The predicted molar refractivity (Wildman–Crippen MR) is 106 cm³/mol. The Balaban J connectivity index is 2.62. The Kier molecular flexibility index (Phi) is 9.12. The smallest absolute Gasteiger partial charge is 0.420 e. The summed E-state index contributed by atoms with van der Waals surface area (Å²) in [7, 11) is 0. The molecule has 2 unspecified atom stereocenters. The van der Waals surface area contributed by atoms with Crippen molar-refractivity contribution in [3.05, 3.63) is 52.6 Å². The molecule has 3 N–H and O–H groups in total. The Hall–Kier alpha value is -3.42. The normalized spacial score (nSPS) is 15.4. The van der Waals surface area contributed by atoms with Crippen LogP contribution in [-0.2, 0) is 24.7 Å². The van der Waals surface area contributed by atoms with Crippen LogP contribution in [0.25, 0.3) is 0 Å². The zero-order valence-electron chi connectivity index (χ0n) is 19.5. The molecule has 2 aromatic rings. The zero-order valence-corrected chi connectivity index (χ0v) is 19.5. The van der Waals surface area contributed by atoms with E-state index < -0.39 is 113 Å². The van der Waals surface area contributed by atoms with Crippen molar-refractivity contribution in [3.8, 4) is 5.75 Å². The van der Waals surface area contributed by atoms with Gasteiger partial charge in [-0.05, 0) is 30.3 Å². The molecule has 0 radical (unpaired) electrons. The summed E-state index contributed by atoms with van der Waals surface area (Å²) in [6.45, 7) is 0. The SMILES string of the molecule is Oc1c(NC(CC(Nc2cc(C(F)(F)F)cc(C(F)(F)F)c2)C(F)(F)F)C(F)(F)F)cc(C(F)(F)F)cc1C(F)(F)F. The molecule has 3 nitrogen and oxygen atoms in total. The van der Waals surface area contributed by atoms with Crippen molar-refractivity contribution in [1.82, 2.24) is 0 Å². The van der Waals surface area contributed by atoms with E-state index >= 15 is 0 Å². The van der Waals surface area contributed by atoms with E-state index in [0.717, 1.165) is 10.6 Å². The lowest BCUT2D eigenvalue weighted by Crippen LogP contribution is -2.46. The number of rotatable bonds is 6. The number of benzene rings is 2. The Bertz CT molecular complexity index is 1220. The highest BCUT2D eigenvalue weighted by molar-refractivity contribution is 5.63. The number of phenolic OH excluding ortho intramolecular Hbond substituents is 1. The monoisotopic (exact) mass is 650 g/mol. The van der Waals surface area contributed by atoms with Crippen LogP contribution in [-0.4, -0.2) is 29.5 Å². The number of hydrogen-bond donors (Lipinski definition) is 3. The number of nitrogens with one attached hydrogen (secondary N) is 2. The van der Waals surface area contributed by atoms with Crippen LogP contribution in [0.1, 0.15) is 28.7 Å². The molecule has 0 aromatic heterocycles. The average molecular weight is 650 g/mol. The van der Waals surface area contributed by atoms with E-state index in [1.54, 1.807) is 0 Å². The van der Waals surface area contributed by atoms with Gasteiger partial charge >= 0.3 is 37.1 Å². The van der Waals surface area contributed by atoms with Gasteiger partial charge in [-0.15, -0.1) is 0 Å². The van der Waals surface area contributed by atoms with Crippen LogP contribution in [0.5, 0.6) is 5.75 Å². The molecule has 21 heteroatoms. The maximum atomic E-state index is 13.7. The largest absolute Gasteiger partial charge is 0.505 e. The van der Waals surface area contributed by atoms with Crippen molar-refractivity contribution in [3.63, 3.8) is 0 Å². The van der Waals surface area contributed by atoms with E-state index in [9.17, 15) is 84.1 Å². The lowest BCUT2D eigenvalue weighted by molar-refractivity contribution is -0.167. The lowest BCUT2D eigenvalue weighted by atomic mass is 10.0. The van der Waals surface area contributed by atoms with Gasteiger partial charge in [0.25, 0.3) is 0 Å². The summed E-state index contributed by atoms with van der Waals surface area (Å²) < 4.78 is 239. The van der Waals surface area contributed by atoms with Gasteiger partial charge in [0.05, 0.1) is 27.9 Å². The van der Waals surface area contributed by atoms with Crippen LogP contribution in [0.4, 0.5) is 90.4 Å². The molecule has 2 rings (SSSR count). The van der Waals surface area contributed by atoms with Crippen LogP contribution >= 0.6 is 0 Å². The number of hydrogen-bond acceptors (Lipinski definition) is 3. The first kappa shape index (κ1) is 34.8. The summed E-state index contributed by atoms with van der Waals surface area (Å²) in [6.07, 6.45) is -37.0. The summed E-state index contributed by atoms with van der Waals surface area (Å²) in [5.41, 5.74) is -12.8. The number of alkyl halides is 18. The molecule has 0 aliphatic carbocycles. The molecule has 0 spiro atoms. The fourth-order valence-electron chi connectivity index (χ4n) is 3.34. The second-order valence-corrected chi connectivity index (χ2v) is 8.42. The average Bonchev–Trinajstić information content (AvgIpc) is 2.74. The number of halogens is 18. The van der Waals surface area contributed by atoms with Crippen LogP contribution in [0.2, 0.25) is 0 Å². The predicted octanol–water partition coefficient (Wildman–Crippen LogP) is 9.24. The highest BCUT2D eigenvalue weighted by atomic mass is 19.4. The lowest BCUT2D eigenvalue weighted by Gasteiger charge is -2.30. The van der Waals surface area contributed by atoms with Gasteiger partial charge in [0.1, 0.15) is 12.1 Å². The van der Waals surface area contributed by atoms with Gasteiger partial charge < -0.3 is 15.7 Å². The van der Waals surface area contributed by atoms with Crippen LogP contribution in [0.15, 0.2) is 30.3 Å². The maximum absolute atomic E-state index is 13.7. The number of anilines is 2. The van der Waals surface area contributed by atoms with E-state index in [1.165, 1.54) is 0 Å². The van der Waals surface area contributed by atoms with Crippen LogP contribution in [0, 0.1) is 0 Å². The van der Waals surface area contributed by atoms with Gasteiger partial charge in [0.2, 0.25) is 0 Å². The van der Waals surface area contributed by atoms with Crippen LogP contribution in [0.3, 0.4) is 0 Å². The molecule has 2 aromatic carbocycles. The Morgan fingerprint density at radius 3 is 1.24 bits per heavy atom. The third-order valence-corrected chi connectivity index (χ3v) is 5.26. The summed E-state index contributed by atoms with van der Waals surface area (Å²) >= 11 is 0. The molecule has 0 saturated carbocycles. The first-order valence-corrected chi connectivity index (χ1v) is 10.5. The van der Waals surface area contributed by atoms with E-state index in [0.29, 0.717) is 0 Å². The van der Waals surface area contributed by atoms with Crippen LogP contribution < -0.4 is 10.6 Å². The van der Waals surface area contributed by atoms with Crippen molar-refractivity contribution in [1.29, 1.82) is 0 Å². The minimum atomic E-state index is -5.96. The molecule has 0 saturated heterocycles. The van der Waals surface area contributed by atoms with Gasteiger partial charge in [-0.2, -0.15) is 79.0 Å². The molecule has 0 fully saturated rings. The quantitative estimate of drug-likeness (QED) is 0.216. The molecule has 238 valence electrons. The standard InChI is InChI=1S/C21H12F18N2O/c22-16(23,24)7-1-8(17(25,26)27)3-10(2-7)40-13(20(34,35)36)6-14(21(37,38)39)41-12-5-9(18(28,29)30)4-11(15(12)42)19(31,32)33/h1-5,13-14,40-42H,6H2. The number of aromatic hydroxyl groups is 1. The molecule has 0 heterocycles. The topological polar surface area (TPSA) is 44.3 Å². The minimum Gasteiger partial charge on any atom is -0.505 e. The molecule has 0 aliphatic heterocycles. The number of phenols is 1. The second kappa shape index (κ2) is 11.0. The molecule has 2 atom stereocenters. The fourth-order valence-corrected chi connectivity index (χ4v) is 3.34. The van der Waals surface area contributed by atoms with Gasteiger partial charge in [0.15, 0.2) is 5.75 Å². The maximum Gasteiger partial charge on any atom is 0.420 e. The van der Waals surface area contributed by atoms with Gasteiger partial charge in [-0.3, -0.25) is 0 Å². The van der Waals surface area contributed by atoms with Crippen molar-refractivity contribution in [2.24, 2.45) is 0 Å². The first-order valence-electron chi connectivity index (χ1n) is 10.5. The summed E-state index contributed by atoms with van der Waals surface area (Å²) in [6, 6.07) is -9.79. The Morgan fingerprint density at radius 2 is 0.881 bits per heavy atom. The van der Waals surface area contributed by atoms with Crippen molar-refractivity contribution in [2.45, 2.75) is 55.6 Å². The third kappa shape index (κ3) is 8.79. The van der Waals surface area contributed by atoms with E-state index in [1.807, 2.05) is 0 Å². The highest BCUT2D eigenvalue weighted by Gasteiger charge is 2.49. The summed E-state index contributed by atoms with van der Waals surface area (Å²) in [4.78, 5) is 0. The third-order valence-electron chi connectivity index (χ3n) is 5.26. The zero-order chi connectivity index (χ0) is 32.9. The Morgan fingerprint density at radius 1 is 0.500 bits per heavy atom. The molecule has 42 heavy (non-hydrogen) atoms. The van der Waals surface area contributed by atoms with Crippen molar-refractivity contribution in [2.75, 3.05) is 10.6 Å². The van der Waals surface area contributed by atoms with Gasteiger partial charge in [0, 0.05) is 12.1 Å². The van der Waals surface area contributed by atoms with E-state index in [-0.39, 0.29) is 12.1 Å². The van der Waals surface area contributed by atoms with Gasteiger partial charge in [-0.25, -0.2) is 0 Å². The molecule has 0 amide bonds. The first-order chi connectivity index (χ1) is 18.5. The Labute approximate surface area is 221 Å². The molecule has 0 bridgehead atoms. The summed E-state index contributed by atoms with van der Waals surface area (Å²) in [5, 5.41) is 11.6. The summed E-state index contributed by atoms with van der Waals surface area (Å²) in [5.74, 6) is -2.28. The molecular weight excluding hydrogens is 638 g/mol. The minimum absolute atomic E-state index is 0.307. The van der Waals surface area contributed by atoms with Crippen molar-refractivity contribution >= 4 is 11.4 Å². The van der Waals surface area contributed by atoms with E-state index in [4.69, 9.17) is 0 Å². The second-order valence-electron chi connectivity index (χ2n) is 8.42. The molecular formula is C21H12F18N2O. The van der Waals surface area contributed by atoms with Crippen molar-refractivity contribution < 1.29 is 84.1 Å².